The molecule has 0 saturated heterocycles. The zero-order valence-electron chi connectivity index (χ0n) is 11.9. The summed E-state index contributed by atoms with van der Waals surface area (Å²) in [7, 11) is 3.90. The fourth-order valence-electron chi connectivity index (χ4n) is 2.55. The molecule has 106 valence electrons. The molecule has 0 aromatic carbocycles. The van der Waals surface area contributed by atoms with Gasteiger partial charge in [-0.1, -0.05) is 13.3 Å². The Morgan fingerprint density at radius 2 is 2.10 bits per heavy atom. The van der Waals surface area contributed by atoms with Crippen molar-refractivity contribution in [1.82, 2.24) is 29.1 Å². The molecule has 0 radical (unpaired) electrons. The van der Waals surface area contributed by atoms with Gasteiger partial charge in [-0.15, -0.1) is 0 Å². The molecule has 3 aromatic heterocycles. The summed E-state index contributed by atoms with van der Waals surface area (Å²) in [6.45, 7) is 2.85. The lowest BCUT2D eigenvalue weighted by molar-refractivity contribution is 0.651. The van der Waals surface area contributed by atoms with Crippen LogP contribution in [0.5, 0.6) is 0 Å². The molecule has 1 N–H and O–H groups in total. The van der Waals surface area contributed by atoms with Crippen LogP contribution in [-0.4, -0.2) is 29.1 Å². The minimum Gasteiger partial charge on any atom is -0.328 e. The maximum absolute atomic E-state index is 5.46. The van der Waals surface area contributed by atoms with E-state index in [0.29, 0.717) is 6.54 Å². The van der Waals surface area contributed by atoms with Crippen molar-refractivity contribution in [1.29, 1.82) is 0 Å². The smallest absolute Gasteiger partial charge is 0.179 e. The van der Waals surface area contributed by atoms with Gasteiger partial charge in [0, 0.05) is 20.3 Å². The summed E-state index contributed by atoms with van der Waals surface area (Å²) in [5.74, 6) is 0. The van der Waals surface area contributed by atoms with E-state index in [-0.39, 0.29) is 0 Å². The molecule has 0 fully saturated rings. The van der Waals surface area contributed by atoms with Crippen LogP contribution in [0.2, 0.25) is 0 Å². The molecule has 3 heterocycles. The van der Waals surface area contributed by atoms with Gasteiger partial charge in [-0.05, 0) is 24.7 Å². The van der Waals surface area contributed by atoms with Crippen LogP contribution in [0.1, 0.15) is 24.7 Å². The number of hydrogen-bond acceptors (Lipinski definition) is 3. The number of H-pyrrole nitrogens is 1. The van der Waals surface area contributed by atoms with E-state index in [9.17, 15) is 0 Å². The Morgan fingerprint density at radius 3 is 2.75 bits per heavy atom. The predicted octanol–water partition coefficient (Wildman–Crippen LogP) is 2.17. The number of aryl methyl sites for hydroxylation is 3. The van der Waals surface area contributed by atoms with Crippen LogP contribution < -0.4 is 0 Å². The highest BCUT2D eigenvalue weighted by Gasteiger charge is 2.15. The minimum absolute atomic E-state index is 0.695. The van der Waals surface area contributed by atoms with E-state index in [1.165, 1.54) is 0 Å². The lowest BCUT2D eigenvalue weighted by Gasteiger charge is -2.05. The first-order chi connectivity index (χ1) is 9.61. The highest BCUT2D eigenvalue weighted by molar-refractivity contribution is 7.71. The SMILES string of the molecule is CCCc1nn(C)c2c1[nH]c(=S)n2Cc1ccnn1C. The van der Waals surface area contributed by atoms with Gasteiger partial charge < -0.3 is 4.98 Å². The van der Waals surface area contributed by atoms with Gasteiger partial charge in [0.05, 0.1) is 17.9 Å². The van der Waals surface area contributed by atoms with Gasteiger partial charge in [0.2, 0.25) is 0 Å². The quantitative estimate of drug-likeness (QED) is 0.749. The number of aromatic amines is 1. The molecule has 0 aliphatic rings. The molecule has 0 amide bonds. The monoisotopic (exact) mass is 290 g/mol. The van der Waals surface area contributed by atoms with E-state index in [1.54, 1.807) is 6.20 Å². The number of hydrogen-bond donors (Lipinski definition) is 1. The fourth-order valence-corrected chi connectivity index (χ4v) is 2.81. The van der Waals surface area contributed by atoms with Crippen molar-refractivity contribution in [3.8, 4) is 0 Å². The van der Waals surface area contributed by atoms with Crippen LogP contribution in [0, 0.1) is 4.77 Å². The summed E-state index contributed by atoms with van der Waals surface area (Å²) in [5.41, 5.74) is 4.29. The van der Waals surface area contributed by atoms with E-state index in [2.05, 4.69) is 26.7 Å². The van der Waals surface area contributed by atoms with E-state index in [4.69, 9.17) is 12.2 Å². The molecule has 0 spiro atoms. The van der Waals surface area contributed by atoms with Crippen LogP contribution in [0.4, 0.5) is 0 Å². The lowest BCUT2D eigenvalue weighted by Crippen LogP contribution is -2.08. The zero-order valence-corrected chi connectivity index (χ0v) is 12.7. The first-order valence-corrected chi connectivity index (χ1v) is 7.14. The number of fused-ring (bicyclic) bond motifs is 1. The van der Waals surface area contributed by atoms with Crippen molar-refractivity contribution < 1.29 is 0 Å². The normalized spacial score (nSPS) is 11.6. The Bertz CT molecular complexity index is 803. The maximum atomic E-state index is 5.46. The van der Waals surface area contributed by atoms with Gasteiger partial charge in [-0.2, -0.15) is 10.2 Å². The number of imidazole rings is 1. The first-order valence-electron chi connectivity index (χ1n) is 6.73. The summed E-state index contributed by atoms with van der Waals surface area (Å²) in [6, 6.07) is 2.00. The molecule has 0 aliphatic carbocycles. The minimum atomic E-state index is 0.695. The summed E-state index contributed by atoms with van der Waals surface area (Å²) in [6.07, 6.45) is 3.83. The van der Waals surface area contributed by atoms with Crippen molar-refractivity contribution in [2.75, 3.05) is 0 Å². The van der Waals surface area contributed by atoms with Crippen molar-refractivity contribution in [3.05, 3.63) is 28.4 Å². The highest BCUT2D eigenvalue weighted by Crippen LogP contribution is 2.20. The molecule has 0 atom stereocenters. The second-order valence-electron chi connectivity index (χ2n) is 4.98. The average molecular weight is 290 g/mol. The lowest BCUT2D eigenvalue weighted by atomic mass is 10.2. The van der Waals surface area contributed by atoms with Crippen LogP contribution in [0.3, 0.4) is 0 Å². The fraction of sp³-hybridized carbons (Fsp3) is 0.462. The molecule has 0 unspecified atom stereocenters. The number of nitrogens with zero attached hydrogens (tertiary/aromatic N) is 5. The number of rotatable bonds is 4. The zero-order chi connectivity index (χ0) is 14.3. The maximum Gasteiger partial charge on any atom is 0.179 e. The molecule has 7 heteroatoms. The van der Waals surface area contributed by atoms with Gasteiger partial charge in [0.1, 0.15) is 5.52 Å². The van der Waals surface area contributed by atoms with Gasteiger partial charge >= 0.3 is 0 Å². The van der Waals surface area contributed by atoms with Crippen LogP contribution in [-0.2, 0) is 27.1 Å². The van der Waals surface area contributed by atoms with Crippen molar-refractivity contribution in [2.45, 2.75) is 26.3 Å². The van der Waals surface area contributed by atoms with Crippen LogP contribution in [0.15, 0.2) is 12.3 Å². The second-order valence-corrected chi connectivity index (χ2v) is 5.37. The first kappa shape index (κ1) is 13.1. The third-order valence-electron chi connectivity index (χ3n) is 3.55. The molecular formula is C13H18N6S. The Balaban J connectivity index is 2.13. The molecule has 20 heavy (non-hydrogen) atoms. The Kier molecular flexibility index (Phi) is 3.21. The Labute approximate surface area is 122 Å². The van der Waals surface area contributed by atoms with E-state index in [1.807, 2.05) is 29.5 Å². The van der Waals surface area contributed by atoms with Crippen molar-refractivity contribution in [3.63, 3.8) is 0 Å². The van der Waals surface area contributed by atoms with Crippen LogP contribution in [0.25, 0.3) is 11.2 Å². The average Bonchev–Trinajstić information content (AvgIpc) is 3.02. The van der Waals surface area contributed by atoms with E-state index >= 15 is 0 Å². The molecular weight excluding hydrogens is 272 g/mol. The van der Waals surface area contributed by atoms with Gasteiger partial charge in [-0.25, -0.2) is 0 Å². The van der Waals surface area contributed by atoms with E-state index < -0.39 is 0 Å². The summed E-state index contributed by atoms with van der Waals surface area (Å²) < 4.78 is 6.58. The summed E-state index contributed by atoms with van der Waals surface area (Å²) >= 11 is 5.46. The predicted molar refractivity (Wildman–Crippen MR) is 80.2 cm³/mol. The highest BCUT2D eigenvalue weighted by atomic mass is 32.1. The Hall–Kier alpha value is -1.89. The van der Waals surface area contributed by atoms with Crippen molar-refractivity contribution in [2.24, 2.45) is 14.1 Å². The van der Waals surface area contributed by atoms with Crippen LogP contribution >= 0.6 is 12.2 Å². The molecule has 0 aliphatic heterocycles. The molecule has 0 bridgehead atoms. The topological polar surface area (TPSA) is 56.4 Å². The van der Waals surface area contributed by atoms with Gasteiger partial charge in [0.25, 0.3) is 0 Å². The van der Waals surface area contributed by atoms with Gasteiger partial charge in [0.15, 0.2) is 10.4 Å². The second kappa shape index (κ2) is 4.90. The third-order valence-corrected chi connectivity index (χ3v) is 3.87. The number of nitrogens with one attached hydrogen (secondary N) is 1. The standard InChI is InChI=1S/C13H18N6S/c1-4-5-10-11-12(18(3)16-10)19(13(20)15-11)8-9-6-7-14-17(9)2/h6-7H,4-5,8H2,1-3H3,(H,15,20). The van der Waals surface area contributed by atoms with Crippen molar-refractivity contribution >= 4 is 23.4 Å². The number of aromatic nitrogens is 6. The molecule has 6 nitrogen and oxygen atoms in total. The molecule has 3 rings (SSSR count). The largest absolute Gasteiger partial charge is 0.328 e. The van der Waals surface area contributed by atoms with Gasteiger partial charge in [-0.3, -0.25) is 13.9 Å². The Morgan fingerprint density at radius 1 is 1.30 bits per heavy atom. The van der Waals surface area contributed by atoms with E-state index in [0.717, 1.165) is 40.2 Å². The summed E-state index contributed by atoms with van der Waals surface area (Å²) in [5, 5.41) is 8.79. The third kappa shape index (κ3) is 1.98. The molecule has 0 saturated carbocycles. The summed E-state index contributed by atoms with van der Waals surface area (Å²) in [4.78, 5) is 3.30. The molecule has 3 aromatic rings.